The summed E-state index contributed by atoms with van der Waals surface area (Å²) in [4.78, 5) is 9.13. The van der Waals surface area contributed by atoms with Gasteiger partial charge in [-0.2, -0.15) is 0 Å². The quantitative estimate of drug-likeness (QED) is 0.141. The highest BCUT2D eigenvalue weighted by Gasteiger charge is 2.49. The third kappa shape index (κ3) is 11.9. The number of fused-ring (bicyclic) bond motifs is 30. The molecular formula is C118H108N6O4+4. The Kier molecular flexibility index (Phi) is 18.8. The minimum atomic E-state index is -0.135. The molecule has 0 N–H and O–H groups in total. The third-order valence-corrected chi connectivity index (χ3v) is 29.5. The first-order valence-electron chi connectivity index (χ1n) is 45.8. The van der Waals surface area contributed by atoms with Crippen LogP contribution in [0.3, 0.4) is 0 Å². The van der Waals surface area contributed by atoms with Crippen molar-refractivity contribution >= 4 is 87.8 Å². The average molecular weight is 1670 g/mol. The molecule has 25 rings (SSSR count). The molecule has 10 nitrogen and oxygen atoms in total. The molecule has 0 atom stereocenters. The maximum absolute atomic E-state index is 6.73. The van der Waals surface area contributed by atoms with Gasteiger partial charge in [0.05, 0.1) is 27.9 Å². The predicted octanol–water partition coefficient (Wildman–Crippen LogP) is 28.1. The molecular weight excluding hydrogens is 1570 g/mol. The zero-order valence-electron chi connectivity index (χ0n) is 76.3. The topological polar surface area (TPSA) is 93.9 Å². The number of pyridine rings is 6. The summed E-state index contributed by atoms with van der Waals surface area (Å²) in [5, 5.41) is 9.65. The van der Waals surface area contributed by atoms with Crippen molar-refractivity contribution in [2.24, 2.45) is 40.0 Å². The van der Waals surface area contributed by atoms with Gasteiger partial charge in [0.15, 0.2) is 24.8 Å². The van der Waals surface area contributed by atoms with Gasteiger partial charge in [0.1, 0.15) is 72.9 Å². The molecule has 0 aliphatic heterocycles. The summed E-state index contributed by atoms with van der Waals surface area (Å²) >= 11 is 0. The van der Waals surface area contributed by atoms with E-state index in [4.69, 9.17) is 22.7 Å². The average Bonchev–Trinajstić information content (AvgIpc) is 1.54. The molecule has 20 aromatic rings. The Morgan fingerprint density at radius 1 is 0.312 bits per heavy atom. The van der Waals surface area contributed by atoms with Gasteiger partial charge in [-0.3, -0.25) is 9.97 Å². The molecule has 10 aromatic carbocycles. The fourth-order valence-corrected chi connectivity index (χ4v) is 23.9. The van der Waals surface area contributed by atoms with Crippen LogP contribution in [0.15, 0.2) is 298 Å². The molecule has 128 heavy (non-hydrogen) atoms. The summed E-state index contributed by atoms with van der Waals surface area (Å²) < 4.78 is 35.5. The monoisotopic (exact) mass is 1670 g/mol. The zero-order chi connectivity index (χ0) is 87.9. The van der Waals surface area contributed by atoms with Gasteiger partial charge in [0.25, 0.3) is 0 Å². The predicted molar refractivity (Wildman–Crippen MR) is 521 cm³/mol. The van der Waals surface area contributed by atoms with E-state index < -0.39 is 0 Å². The number of hydrogen-bond acceptors (Lipinski definition) is 6. The molecule has 0 bridgehead atoms. The van der Waals surface area contributed by atoms with Gasteiger partial charge in [0.2, 0.25) is 22.8 Å². The Morgan fingerprint density at radius 2 is 0.680 bits per heavy atom. The lowest BCUT2D eigenvalue weighted by molar-refractivity contribution is -0.660. The van der Waals surface area contributed by atoms with E-state index in [2.05, 4.69) is 390 Å². The summed E-state index contributed by atoms with van der Waals surface area (Å²) in [6.45, 7) is 27.2. The van der Waals surface area contributed by atoms with E-state index in [1.807, 2.05) is 24.7 Å². The van der Waals surface area contributed by atoms with E-state index in [1.165, 1.54) is 181 Å². The normalized spacial score (nSPS) is 14.7. The zero-order valence-corrected chi connectivity index (χ0v) is 76.3. The standard InChI is InChI=1S/C34H36NO.C30H26NO.2C27H23N2O/c1-21(2)19-34(20-22(3)4)26-12-8-7-11-24(26)31-27(34)16-17-29-32(31)25-15-14-23(5)30(33(25)36-29)28-13-9-10-18-35(28)6;1-19-12-13-21-28-25(32-29(21)26(19)24-11-5-8-18-31(24)2)15-14-23-27(28)20-9-3-4-10-22(20)30(23)16-6-7-17-30;1-16-10-11-17-18-12-13-20-23(19-8-7-14-28-26(19)27(20,2)3)25(18)30-24(17)22(16)21-9-5-6-15-29(21)4;1-16-8-9-17-18-10-11-20-24(19-12-13-28-15-21(19)27(20,2)3)26(18)30-25(17)23(16)22-7-5-6-14-29(22)4/h7-18,21-22H,19-20H2,1-6H3;3-5,8-15,18H,6-7,16-17H2,1-2H3;2*5-15H,1-4H3/q4*+1. The number of rotatable bonds is 8. The van der Waals surface area contributed by atoms with Crippen molar-refractivity contribution in [3.63, 3.8) is 0 Å². The summed E-state index contributed by atoms with van der Waals surface area (Å²) in [6, 6.07) is 85.9. The van der Waals surface area contributed by atoms with Crippen LogP contribution in [0.5, 0.6) is 0 Å². The number of furan rings is 4. The van der Waals surface area contributed by atoms with E-state index in [-0.39, 0.29) is 21.7 Å². The lowest BCUT2D eigenvalue weighted by atomic mass is 9.68. The molecule has 10 heteroatoms. The second-order valence-corrected chi connectivity index (χ2v) is 38.9. The number of benzene rings is 10. The van der Waals surface area contributed by atoms with Crippen molar-refractivity contribution in [1.29, 1.82) is 0 Å². The van der Waals surface area contributed by atoms with Crippen LogP contribution in [0.1, 0.15) is 161 Å². The molecule has 1 fully saturated rings. The number of nitrogens with zero attached hydrogens (tertiary/aromatic N) is 6. The molecule has 630 valence electrons. The number of aryl methyl sites for hydroxylation is 8. The fraction of sp³-hybridized carbons (Fsp3) is 0.237. The first kappa shape index (κ1) is 80.2. The Morgan fingerprint density at radius 3 is 1.15 bits per heavy atom. The van der Waals surface area contributed by atoms with Crippen LogP contribution in [0, 0.1) is 39.5 Å². The Labute approximate surface area is 748 Å². The largest absolute Gasteiger partial charge is 0.455 e. The maximum Gasteiger partial charge on any atom is 0.216 e. The first-order chi connectivity index (χ1) is 62.0. The van der Waals surface area contributed by atoms with Crippen molar-refractivity contribution in [3.05, 3.63) is 347 Å². The number of hydrogen-bond donors (Lipinski definition) is 0. The van der Waals surface area contributed by atoms with E-state index in [0.717, 1.165) is 102 Å². The highest BCUT2D eigenvalue weighted by atomic mass is 16.3. The molecule has 1 saturated carbocycles. The van der Waals surface area contributed by atoms with Crippen LogP contribution in [-0.2, 0) is 49.9 Å². The van der Waals surface area contributed by atoms with E-state index in [0.29, 0.717) is 11.8 Å². The van der Waals surface area contributed by atoms with E-state index in [1.54, 1.807) is 0 Å². The van der Waals surface area contributed by atoms with Crippen molar-refractivity contribution in [1.82, 2.24) is 9.97 Å². The van der Waals surface area contributed by atoms with Crippen molar-refractivity contribution in [2.45, 2.75) is 143 Å². The minimum Gasteiger partial charge on any atom is -0.455 e. The van der Waals surface area contributed by atoms with Gasteiger partial charge in [-0.15, -0.1) is 0 Å². The minimum absolute atomic E-state index is 0.0332. The van der Waals surface area contributed by atoms with Crippen molar-refractivity contribution in [3.8, 4) is 89.5 Å². The van der Waals surface area contributed by atoms with Gasteiger partial charge in [-0.05, 0) is 203 Å². The van der Waals surface area contributed by atoms with Crippen LogP contribution < -0.4 is 18.3 Å². The van der Waals surface area contributed by atoms with Crippen LogP contribution in [-0.4, -0.2) is 9.97 Å². The summed E-state index contributed by atoms with van der Waals surface area (Å²) in [7, 11) is 8.38. The smallest absolute Gasteiger partial charge is 0.216 e. The second kappa shape index (κ2) is 30.0. The fourth-order valence-electron chi connectivity index (χ4n) is 23.9. The number of aromatic nitrogens is 6. The highest BCUT2D eigenvalue weighted by molar-refractivity contribution is 6.21. The maximum atomic E-state index is 6.73. The Balaban J connectivity index is 0.000000101. The molecule has 0 unspecified atom stereocenters. The molecule has 1 spiro atoms. The highest BCUT2D eigenvalue weighted by Crippen LogP contribution is 2.62. The second-order valence-electron chi connectivity index (χ2n) is 38.9. The van der Waals surface area contributed by atoms with Crippen LogP contribution >= 0.6 is 0 Å². The third-order valence-electron chi connectivity index (χ3n) is 29.5. The first-order valence-corrected chi connectivity index (χ1v) is 45.8. The van der Waals surface area contributed by atoms with Crippen molar-refractivity contribution < 1.29 is 35.9 Å². The van der Waals surface area contributed by atoms with Gasteiger partial charge in [-0.1, -0.05) is 208 Å². The lowest BCUT2D eigenvalue weighted by Crippen LogP contribution is -2.30. The van der Waals surface area contributed by atoms with Crippen molar-refractivity contribution in [2.75, 3.05) is 0 Å². The van der Waals surface area contributed by atoms with Gasteiger partial charge < -0.3 is 17.7 Å². The summed E-state index contributed by atoms with van der Waals surface area (Å²) in [5.41, 5.74) is 43.5. The summed E-state index contributed by atoms with van der Waals surface area (Å²) in [5.74, 6) is 1.21. The molecule has 5 aliphatic rings. The van der Waals surface area contributed by atoms with Crippen LogP contribution in [0.4, 0.5) is 0 Å². The van der Waals surface area contributed by atoms with Crippen LogP contribution in [0.2, 0.25) is 0 Å². The summed E-state index contributed by atoms with van der Waals surface area (Å²) in [6.07, 6.45) is 21.6. The van der Waals surface area contributed by atoms with Gasteiger partial charge >= 0.3 is 0 Å². The molecule has 0 amide bonds. The lowest BCUT2D eigenvalue weighted by Gasteiger charge is -2.35. The Hall–Kier alpha value is -13.7. The Bertz CT molecular complexity index is 7790. The van der Waals surface area contributed by atoms with E-state index in [9.17, 15) is 0 Å². The van der Waals surface area contributed by atoms with Gasteiger partial charge in [-0.25, -0.2) is 18.3 Å². The molecule has 0 saturated heterocycles. The SMILES string of the molecule is Cc1ccc2c(oc3c4c(ccc32)C(C)(C)c2cnccc2-4)c1-c1cccc[n+]1C.Cc1ccc2c(oc3c4c(ccc32)C(C)(C)c2ncccc2-4)c1-c1cccc[n+]1C.Cc1ccc2c(oc3ccc4c(c32)-c2ccccc2C4(CC(C)C)CC(C)C)c1-c1cccc[n+]1C.Cc1ccc2c(oc3ccc4c(c32)-c2ccccc2C42CCCC2)c1-c1cccc[n+]1C. The van der Waals surface area contributed by atoms with Gasteiger partial charge in [0, 0.05) is 149 Å². The molecule has 0 radical (unpaired) electrons. The molecule has 10 aromatic heterocycles. The molecule has 5 aliphatic carbocycles. The molecule has 10 heterocycles. The van der Waals surface area contributed by atoms with Crippen LogP contribution in [0.25, 0.3) is 177 Å². The van der Waals surface area contributed by atoms with E-state index >= 15 is 0 Å².